The highest BCUT2D eigenvalue weighted by Gasteiger charge is 2.56. The molecule has 3 saturated carbocycles. The van der Waals surface area contributed by atoms with E-state index in [2.05, 4.69) is 59.8 Å². The lowest BCUT2D eigenvalue weighted by Gasteiger charge is -2.62. The number of amides is 2. The molecule has 8 nitrogen and oxygen atoms in total. The van der Waals surface area contributed by atoms with E-state index in [-0.39, 0.29) is 23.9 Å². The lowest BCUT2D eigenvalue weighted by Crippen LogP contribution is -2.63. The monoisotopic (exact) mass is 696 g/mol. The van der Waals surface area contributed by atoms with Crippen molar-refractivity contribution in [2.24, 2.45) is 23.2 Å². The number of hydrogen-bond donors (Lipinski definition) is 4. The first-order chi connectivity index (χ1) is 24.3. The highest BCUT2D eigenvalue weighted by molar-refractivity contribution is 5.96. The van der Waals surface area contributed by atoms with E-state index >= 15 is 0 Å². The summed E-state index contributed by atoms with van der Waals surface area (Å²) in [6, 6.07) is 21.4. The Morgan fingerprint density at radius 3 is 2.43 bits per heavy atom. The summed E-state index contributed by atoms with van der Waals surface area (Å²) in [7, 11) is 5.68. The second kappa shape index (κ2) is 16.7. The predicted molar refractivity (Wildman–Crippen MR) is 206 cm³/mol. The molecular formula is C43H60N4O4. The fourth-order valence-corrected chi connectivity index (χ4v) is 8.73. The average Bonchev–Trinajstić information content (AvgIpc) is 3.08. The summed E-state index contributed by atoms with van der Waals surface area (Å²) in [5, 5.41) is 21.2. The van der Waals surface area contributed by atoms with Gasteiger partial charge in [-0.15, -0.1) is 0 Å². The molecule has 3 aliphatic carbocycles. The van der Waals surface area contributed by atoms with E-state index < -0.39 is 12.1 Å². The predicted octanol–water partition coefficient (Wildman–Crippen LogP) is 6.38. The molecule has 3 aliphatic rings. The number of nitrogens with zero attached hydrogens (tertiary/aromatic N) is 1. The molecule has 3 fully saturated rings. The van der Waals surface area contributed by atoms with E-state index in [1.165, 1.54) is 12.0 Å². The van der Waals surface area contributed by atoms with Crippen molar-refractivity contribution >= 4 is 11.8 Å². The zero-order chi connectivity index (χ0) is 36.9. The van der Waals surface area contributed by atoms with Crippen molar-refractivity contribution in [2.75, 3.05) is 27.7 Å². The van der Waals surface area contributed by atoms with Gasteiger partial charge < -0.3 is 25.4 Å². The van der Waals surface area contributed by atoms with Crippen LogP contribution < -0.4 is 20.7 Å². The normalized spacial score (nSPS) is 22.4. The van der Waals surface area contributed by atoms with E-state index in [1.807, 2.05) is 76.5 Å². The molecular weight excluding hydrogens is 636 g/mol. The molecule has 0 radical (unpaired) electrons. The van der Waals surface area contributed by atoms with Crippen molar-refractivity contribution in [3.05, 3.63) is 89.0 Å². The van der Waals surface area contributed by atoms with Crippen LogP contribution in [0.1, 0.15) is 80.4 Å². The van der Waals surface area contributed by atoms with Crippen LogP contribution >= 0.6 is 0 Å². The lowest BCUT2D eigenvalue weighted by molar-refractivity contribution is -0.137. The first-order valence-corrected chi connectivity index (χ1v) is 18.8. The van der Waals surface area contributed by atoms with Crippen LogP contribution in [0.5, 0.6) is 5.75 Å². The SMILES string of the molecule is CCC[C@H](O)[C@H](NCc1cccc(-c2cc(C)cc(C(=O)N[C@@H](Cc3ccccc3)CN(C)C)c2)c1OC)C(=O)N[C@H]1C[C@H]2C[C@@H]([C@@H]1C)C2(C)C. The van der Waals surface area contributed by atoms with Gasteiger partial charge in [0.15, 0.2) is 0 Å². The standard InChI is InChI=1S/C43H60N4O4/c1-9-14-38(48)39(42(50)46-37-24-33-23-36(28(37)3)43(33,4)5)44-25-30-17-13-18-35(40(30)51-8)31-19-27(2)20-32(22-31)41(49)45-34(26-47(6)7)21-29-15-11-10-12-16-29/h10-13,15-20,22,28,33-34,36-39,44,48H,9,14,21,23-26H2,1-8H3,(H,45,49)(H,46,50)/t28-,33+,34-,36-,37-,38-,39-/m0/s1. The third-order valence-corrected chi connectivity index (χ3v) is 11.6. The summed E-state index contributed by atoms with van der Waals surface area (Å²) >= 11 is 0. The molecule has 0 saturated heterocycles. The van der Waals surface area contributed by atoms with E-state index in [0.29, 0.717) is 54.0 Å². The number of rotatable bonds is 16. The maximum atomic E-state index is 13.8. The number of hydrogen-bond acceptors (Lipinski definition) is 6. The molecule has 6 rings (SSSR count). The maximum absolute atomic E-state index is 13.8. The number of para-hydroxylation sites is 1. The van der Waals surface area contributed by atoms with Gasteiger partial charge >= 0.3 is 0 Å². The second-order valence-electron chi connectivity index (χ2n) is 16.0. The molecule has 0 unspecified atom stereocenters. The van der Waals surface area contributed by atoms with Crippen LogP contribution in [0.15, 0.2) is 66.7 Å². The number of benzene rings is 3. The number of carbonyl (C=O) groups is 2. The van der Waals surface area contributed by atoms with Gasteiger partial charge in [0.25, 0.3) is 5.91 Å². The first kappa shape index (κ1) is 38.5. The van der Waals surface area contributed by atoms with Crippen LogP contribution in [-0.4, -0.2) is 73.8 Å². The minimum absolute atomic E-state index is 0.0603. The molecule has 276 valence electrons. The number of methoxy groups -OCH3 is 1. The van der Waals surface area contributed by atoms with Crippen molar-refractivity contribution in [3.8, 4) is 16.9 Å². The smallest absolute Gasteiger partial charge is 0.251 e. The first-order valence-electron chi connectivity index (χ1n) is 18.8. The largest absolute Gasteiger partial charge is 0.496 e. The van der Waals surface area contributed by atoms with E-state index in [1.54, 1.807) is 7.11 Å². The van der Waals surface area contributed by atoms with Gasteiger partial charge in [-0.05, 0) is 98.7 Å². The molecule has 0 aromatic heterocycles. The second-order valence-corrected chi connectivity index (χ2v) is 16.0. The van der Waals surface area contributed by atoms with Crippen LogP contribution in [0.4, 0.5) is 0 Å². The third kappa shape index (κ3) is 9.02. The molecule has 4 N–H and O–H groups in total. The summed E-state index contributed by atoms with van der Waals surface area (Å²) in [6.45, 7) is 12.0. The quantitative estimate of drug-likeness (QED) is 0.139. The molecule has 51 heavy (non-hydrogen) atoms. The zero-order valence-electron chi connectivity index (χ0n) is 32.0. The molecule has 0 aliphatic heterocycles. The number of aliphatic hydroxyl groups excluding tert-OH is 1. The van der Waals surface area contributed by atoms with Crippen LogP contribution in [0, 0.1) is 30.1 Å². The Kier molecular flexibility index (Phi) is 12.6. The summed E-state index contributed by atoms with van der Waals surface area (Å²) in [5.74, 6) is 2.05. The van der Waals surface area contributed by atoms with E-state index in [4.69, 9.17) is 4.74 Å². The molecule has 7 atom stereocenters. The average molecular weight is 697 g/mol. The molecule has 2 amide bonds. The fourth-order valence-electron chi connectivity index (χ4n) is 8.73. The number of nitrogens with one attached hydrogen (secondary N) is 3. The van der Waals surface area contributed by atoms with Crippen LogP contribution in [-0.2, 0) is 17.8 Å². The number of fused-ring (bicyclic) bond motifs is 2. The van der Waals surface area contributed by atoms with Gasteiger partial charge in [0.2, 0.25) is 5.91 Å². The van der Waals surface area contributed by atoms with Crippen molar-refractivity contribution in [3.63, 3.8) is 0 Å². The molecule has 8 heteroatoms. The van der Waals surface area contributed by atoms with Gasteiger partial charge in [0.05, 0.1) is 13.2 Å². The van der Waals surface area contributed by atoms with Gasteiger partial charge in [-0.2, -0.15) is 0 Å². The topological polar surface area (TPSA) is 103 Å². The molecule has 2 bridgehead atoms. The highest BCUT2D eigenvalue weighted by atomic mass is 16.5. The van der Waals surface area contributed by atoms with Crippen LogP contribution in [0.25, 0.3) is 11.1 Å². The molecule has 3 aromatic carbocycles. The minimum atomic E-state index is -0.815. The molecule has 0 heterocycles. The summed E-state index contributed by atoms with van der Waals surface area (Å²) in [4.78, 5) is 29.6. The third-order valence-electron chi connectivity index (χ3n) is 11.6. The maximum Gasteiger partial charge on any atom is 0.251 e. The van der Waals surface area contributed by atoms with Gasteiger partial charge in [0, 0.05) is 41.9 Å². The van der Waals surface area contributed by atoms with Gasteiger partial charge in [0.1, 0.15) is 11.8 Å². The number of ether oxygens (including phenoxy) is 1. The van der Waals surface area contributed by atoms with Crippen LogP contribution in [0.3, 0.4) is 0 Å². The van der Waals surface area contributed by atoms with Crippen molar-refractivity contribution in [2.45, 2.75) is 97.5 Å². The Balaban J connectivity index is 1.33. The Labute approximate surface area is 305 Å². The van der Waals surface area contributed by atoms with E-state index in [9.17, 15) is 14.7 Å². The number of likely N-dealkylation sites (N-methyl/N-ethyl adjacent to an activating group) is 1. The highest BCUT2D eigenvalue weighted by Crippen LogP contribution is 2.61. The van der Waals surface area contributed by atoms with Gasteiger partial charge in [-0.25, -0.2) is 0 Å². The van der Waals surface area contributed by atoms with Crippen LogP contribution in [0.2, 0.25) is 0 Å². The van der Waals surface area contributed by atoms with E-state index in [0.717, 1.165) is 41.5 Å². The summed E-state index contributed by atoms with van der Waals surface area (Å²) in [5.41, 5.74) is 5.66. The molecule has 0 spiro atoms. The van der Waals surface area contributed by atoms with Crippen molar-refractivity contribution in [1.29, 1.82) is 0 Å². The summed E-state index contributed by atoms with van der Waals surface area (Å²) in [6.07, 6.45) is 3.45. The Hall–Kier alpha value is -3.72. The lowest BCUT2D eigenvalue weighted by atomic mass is 9.45. The fraction of sp³-hybridized carbons (Fsp3) is 0.535. The van der Waals surface area contributed by atoms with Gasteiger partial charge in [-0.3, -0.25) is 14.9 Å². The molecule has 3 aromatic rings. The Morgan fingerprint density at radius 1 is 1.04 bits per heavy atom. The number of aliphatic hydroxyl groups is 1. The number of aryl methyl sites for hydroxylation is 1. The van der Waals surface area contributed by atoms with Crippen molar-refractivity contribution in [1.82, 2.24) is 20.9 Å². The summed E-state index contributed by atoms with van der Waals surface area (Å²) < 4.78 is 6.01. The minimum Gasteiger partial charge on any atom is -0.496 e. The van der Waals surface area contributed by atoms with Crippen molar-refractivity contribution < 1.29 is 19.4 Å². The number of carbonyl (C=O) groups excluding carboxylic acids is 2. The zero-order valence-corrected chi connectivity index (χ0v) is 32.0. The van der Waals surface area contributed by atoms with Gasteiger partial charge in [-0.1, -0.05) is 88.7 Å². The Bertz CT molecular complexity index is 1640. The Morgan fingerprint density at radius 2 is 1.78 bits per heavy atom.